The van der Waals surface area contributed by atoms with E-state index >= 15 is 0 Å². The number of carbonyl (C=O) groups excluding carboxylic acids is 1. The minimum absolute atomic E-state index is 0.00301. The second-order valence-corrected chi connectivity index (χ2v) is 7.77. The average molecular weight is 313 g/mol. The van der Waals surface area contributed by atoms with E-state index in [-0.39, 0.29) is 23.5 Å². The van der Waals surface area contributed by atoms with Crippen molar-refractivity contribution in [3.63, 3.8) is 0 Å². The number of rotatable bonds is 4. The van der Waals surface area contributed by atoms with Gasteiger partial charge in [-0.3, -0.25) is 4.79 Å². The third kappa shape index (κ3) is 3.46. The fraction of sp³-hybridized carbons (Fsp3) is 0.938. The number of nitrogens with one attached hydrogen (secondary N) is 1. The highest BCUT2D eigenvalue weighted by atomic mass is 32.2. The molecule has 120 valence electrons. The molecular formula is C16H27NO3S. The highest BCUT2D eigenvalue weighted by Crippen LogP contribution is 2.41. The second-order valence-electron chi connectivity index (χ2n) is 6.54. The maximum absolute atomic E-state index is 12.9. The Labute approximate surface area is 131 Å². The number of carbonyl (C=O) groups is 1. The van der Waals surface area contributed by atoms with Crippen LogP contribution >= 0.6 is 11.8 Å². The first-order valence-electron chi connectivity index (χ1n) is 8.31. The molecule has 0 aromatic heterocycles. The molecular weight excluding hydrogens is 286 g/mol. The van der Waals surface area contributed by atoms with E-state index in [0.29, 0.717) is 19.0 Å². The van der Waals surface area contributed by atoms with Crippen molar-refractivity contribution in [2.75, 3.05) is 37.9 Å². The van der Waals surface area contributed by atoms with Gasteiger partial charge in [-0.1, -0.05) is 6.92 Å². The van der Waals surface area contributed by atoms with E-state index in [1.807, 2.05) is 11.8 Å². The van der Waals surface area contributed by atoms with Crippen molar-refractivity contribution >= 4 is 17.5 Å². The first kappa shape index (κ1) is 15.8. The van der Waals surface area contributed by atoms with Crippen LogP contribution in [0.2, 0.25) is 0 Å². The third-order valence-corrected chi connectivity index (χ3v) is 6.20. The molecule has 0 saturated carbocycles. The monoisotopic (exact) mass is 313 g/mol. The molecule has 3 fully saturated rings. The smallest absolute Gasteiger partial charge is 0.143 e. The number of likely N-dealkylation sites (N-methyl/N-ethyl adjacent to an activating group) is 1. The second kappa shape index (κ2) is 6.99. The molecule has 0 aromatic carbocycles. The molecule has 0 amide bonds. The third-order valence-electron chi connectivity index (χ3n) is 5.21. The zero-order valence-electron chi connectivity index (χ0n) is 12.9. The van der Waals surface area contributed by atoms with Crippen LogP contribution in [0, 0.1) is 11.8 Å². The number of Topliss-reactive ketones (excluding diaryl/α,β-unsaturated/α-hetero) is 1. The van der Waals surface area contributed by atoms with Gasteiger partial charge in [0.2, 0.25) is 0 Å². The molecule has 3 atom stereocenters. The first-order valence-corrected chi connectivity index (χ1v) is 9.46. The molecule has 21 heavy (non-hydrogen) atoms. The maximum atomic E-state index is 12.9. The molecule has 3 aliphatic rings. The fourth-order valence-electron chi connectivity index (χ4n) is 3.96. The van der Waals surface area contributed by atoms with Crippen LogP contribution in [-0.2, 0) is 14.3 Å². The maximum Gasteiger partial charge on any atom is 0.143 e. The number of ether oxygens (including phenoxy) is 2. The lowest BCUT2D eigenvalue weighted by Crippen LogP contribution is -2.48. The molecule has 0 aliphatic carbocycles. The van der Waals surface area contributed by atoms with E-state index in [2.05, 4.69) is 12.2 Å². The molecule has 0 bridgehead atoms. The Hall–Kier alpha value is -0.100. The highest BCUT2D eigenvalue weighted by molar-refractivity contribution is 7.99. The van der Waals surface area contributed by atoms with Gasteiger partial charge in [0.05, 0.1) is 24.7 Å². The lowest BCUT2D eigenvalue weighted by molar-refractivity contribution is -0.142. The van der Waals surface area contributed by atoms with E-state index in [4.69, 9.17) is 9.47 Å². The zero-order valence-corrected chi connectivity index (χ0v) is 13.8. The predicted molar refractivity (Wildman–Crippen MR) is 84.7 cm³/mol. The Balaban J connectivity index is 1.64. The van der Waals surface area contributed by atoms with E-state index in [9.17, 15) is 4.79 Å². The van der Waals surface area contributed by atoms with Gasteiger partial charge >= 0.3 is 0 Å². The Bertz CT molecular complexity index is 365. The van der Waals surface area contributed by atoms with Crippen molar-refractivity contribution in [2.24, 2.45) is 11.8 Å². The summed E-state index contributed by atoms with van der Waals surface area (Å²) in [7, 11) is 0. The van der Waals surface area contributed by atoms with Crippen LogP contribution in [0.15, 0.2) is 0 Å². The van der Waals surface area contributed by atoms with Crippen molar-refractivity contribution in [2.45, 2.75) is 44.2 Å². The van der Waals surface area contributed by atoms with Gasteiger partial charge in [-0.2, -0.15) is 11.8 Å². The first-order chi connectivity index (χ1) is 10.2. The average Bonchev–Trinajstić information content (AvgIpc) is 2.96. The molecule has 4 nitrogen and oxygen atoms in total. The molecule has 0 radical (unpaired) electrons. The Morgan fingerprint density at radius 3 is 2.90 bits per heavy atom. The van der Waals surface area contributed by atoms with Crippen LogP contribution < -0.4 is 5.32 Å². The van der Waals surface area contributed by atoms with Crippen molar-refractivity contribution in [1.82, 2.24) is 5.32 Å². The van der Waals surface area contributed by atoms with Gasteiger partial charge in [-0.05, 0) is 43.7 Å². The molecule has 3 heterocycles. The van der Waals surface area contributed by atoms with Crippen LogP contribution in [0.5, 0.6) is 0 Å². The van der Waals surface area contributed by atoms with Gasteiger partial charge in [0, 0.05) is 18.6 Å². The summed E-state index contributed by atoms with van der Waals surface area (Å²) in [5, 5.41) is 3.41. The van der Waals surface area contributed by atoms with E-state index < -0.39 is 0 Å². The molecule has 3 saturated heterocycles. The summed E-state index contributed by atoms with van der Waals surface area (Å²) in [4.78, 5) is 12.9. The Morgan fingerprint density at radius 2 is 2.14 bits per heavy atom. The van der Waals surface area contributed by atoms with Gasteiger partial charge in [0.1, 0.15) is 5.78 Å². The summed E-state index contributed by atoms with van der Waals surface area (Å²) >= 11 is 2.01. The summed E-state index contributed by atoms with van der Waals surface area (Å²) < 4.78 is 11.7. The standard InChI is InChI=1S/C16H27NO3S/c1-2-17-14-11-19-10-13(14)15(18)12-3-6-20-16(9-12)4-7-21-8-5-16/h12-14,17H,2-11H2,1H3. The molecule has 3 unspecified atom stereocenters. The lowest BCUT2D eigenvalue weighted by Gasteiger charge is -2.43. The van der Waals surface area contributed by atoms with Gasteiger partial charge in [-0.25, -0.2) is 0 Å². The Kier molecular flexibility index (Phi) is 5.25. The van der Waals surface area contributed by atoms with Gasteiger partial charge in [0.25, 0.3) is 0 Å². The van der Waals surface area contributed by atoms with Crippen molar-refractivity contribution in [3.8, 4) is 0 Å². The lowest BCUT2D eigenvalue weighted by atomic mass is 9.76. The van der Waals surface area contributed by atoms with Crippen LogP contribution in [-0.4, -0.2) is 55.3 Å². The topological polar surface area (TPSA) is 47.6 Å². The van der Waals surface area contributed by atoms with Crippen LogP contribution in [0.3, 0.4) is 0 Å². The predicted octanol–water partition coefficient (Wildman–Crippen LogP) is 1.87. The van der Waals surface area contributed by atoms with Gasteiger partial charge < -0.3 is 14.8 Å². The summed E-state index contributed by atoms with van der Waals surface area (Å²) in [5.74, 6) is 2.98. The summed E-state index contributed by atoms with van der Waals surface area (Å²) in [6.45, 7) is 5.00. The summed E-state index contributed by atoms with van der Waals surface area (Å²) in [6, 6.07) is 0.211. The van der Waals surface area contributed by atoms with E-state index in [1.54, 1.807) is 0 Å². The van der Waals surface area contributed by atoms with Gasteiger partial charge in [0.15, 0.2) is 0 Å². The normalized spacial score (nSPS) is 36.0. The molecule has 0 aromatic rings. The van der Waals surface area contributed by atoms with Crippen LogP contribution in [0.25, 0.3) is 0 Å². The number of hydrogen-bond acceptors (Lipinski definition) is 5. The Morgan fingerprint density at radius 1 is 1.33 bits per heavy atom. The van der Waals surface area contributed by atoms with Crippen molar-refractivity contribution < 1.29 is 14.3 Å². The van der Waals surface area contributed by atoms with E-state index in [1.165, 1.54) is 11.5 Å². The van der Waals surface area contributed by atoms with Crippen molar-refractivity contribution in [3.05, 3.63) is 0 Å². The van der Waals surface area contributed by atoms with E-state index in [0.717, 1.165) is 38.8 Å². The number of thioether (sulfide) groups is 1. The highest BCUT2D eigenvalue weighted by Gasteiger charge is 2.44. The number of hydrogen-bond donors (Lipinski definition) is 1. The van der Waals surface area contributed by atoms with Crippen molar-refractivity contribution in [1.29, 1.82) is 0 Å². The zero-order chi connectivity index (χ0) is 14.7. The van der Waals surface area contributed by atoms with Crippen LogP contribution in [0.1, 0.15) is 32.6 Å². The SMILES string of the molecule is CCNC1COCC1C(=O)C1CCOC2(CCSCC2)C1. The molecule has 3 rings (SSSR count). The van der Waals surface area contributed by atoms with Gasteiger partial charge in [-0.15, -0.1) is 0 Å². The largest absolute Gasteiger partial charge is 0.379 e. The fourth-order valence-corrected chi connectivity index (χ4v) is 5.20. The molecule has 1 N–H and O–H groups in total. The minimum Gasteiger partial charge on any atom is -0.379 e. The van der Waals surface area contributed by atoms with Crippen LogP contribution in [0.4, 0.5) is 0 Å². The summed E-state index contributed by atoms with van der Waals surface area (Å²) in [6.07, 6.45) is 4.04. The summed E-state index contributed by atoms with van der Waals surface area (Å²) in [5.41, 5.74) is -0.00301. The quantitative estimate of drug-likeness (QED) is 0.858. The molecule has 1 spiro atoms. The molecule has 3 aliphatic heterocycles. The molecule has 5 heteroatoms. The minimum atomic E-state index is -0.00301. The number of ketones is 1.